The second-order valence-corrected chi connectivity index (χ2v) is 4.56. The third-order valence-electron chi connectivity index (χ3n) is 3.26. The Morgan fingerprint density at radius 3 is 2.72 bits per heavy atom. The van der Waals surface area contributed by atoms with E-state index >= 15 is 0 Å². The van der Waals surface area contributed by atoms with E-state index in [0.29, 0.717) is 31.6 Å². The van der Waals surface area contributed by atoms with Crippen LogP contribution >= 0.6 is 0 Å². The van der Waals surface area contributed by atoms with Gasteiger partial charge >= 0.3 is 5.97 Å². The number of anilines is 1. The van der Waals surface area contributed by atoms with Gasteiger partial charge in [-0.25, -0.2) is 4.98 Å². The number of piperidine rings is 1. The minimum absolute atomic E-state index is 0.236. The number of aliphatic carboxylic acids is 1. The number of aryl methyl sites for hydroxylation is 1. The van der Waals surface area contributed by atoms with Crippen LogP contribution in [0.1, 0.15) is 24.2 Å². The highest BCUT2D eigenvalue weighted by Crippen LogP contribution is 2.24. The molecule has 0 saturated carbocycles. The van der Waals surface area contributed by atoms with Crippen molar-refractivity contribution >= 4 is 11.7 Å². The maximum Gasteiger partial charge on any atom is 0.306 e. The number of carboxylic acids is 1. The number of hydrogen-bond acceptors (Lipinski definition) is 4. The molecular formula is C13H15N3O2. The van der Waals surface area contributed by atoms with Crippen molar-refractivity contribution in [2.24, 2.45) is 5.92 Å². The number of rotatable bonds is 2. The maximum absolute atomic E-state index is 10.9. The SMILES string of the molecule is Cc1cc(N2CCC(C(=O)O)CC2)cc(C#N)n1. The van der Waals surface area contributed by atoms with Crippen molar-refractivity contribution in [2.45, 2.75) is 19.8 Å². The normalized spacial score (nSPS) is 16.3. The summed E-state index contributed by atoms with van der Waals surface area (Å²) >= 11 is 0. The lowest BCUT2D eigenvalue weighted by molar-refractivity contribution is -0.142. The van der Waals surface area contributed by atoms with Gasteiger partial charge in [0.2, 0.25) is 0 Å². The van der Waals surface area contributed by atoms with Crippen molar-refractivity contribution < 1.29 is 9.90 Å². The van der Waals surface area contributed by atoms with Gasteiger partial charge in [0.15, 0.2) is 0 Å². The van der Waals surface area contributed by atoms with E-state index in [1.165, 1.54) is 0 Å². The second-order valence-electron chi connectivity index (χ2n) is 4.56. The highest BCUT2D eigenvalue weighted by molar-refractivity contribution is 5.70. The molecule has 1 fully saturated rings. The number of carboxylic acid groups (broad SMARTS) is 1. The van der Waals surface area contributed by atoms with Crippen LogP contribution in [0.5, 0.6) is 0 Å². The van der Waals surface area contributed by atoms with Crippen molar-refractivity contribution in [3.8, 4) is 6.07 Å². The van der Waals surface area contributed by atoms with Gasteiger partial charge in [0.05, 0.1) is 5.92 Å². The molecule has 18 heavy (non-hydrogen) atoms. The summed E-state index contributed by atoms with van der Waals surface area (Å²) in [7, 11) is 0. The second kappa shape index (κ2) is 5.05. The first-order chi connectivity index (χ1) is 8.60. The Hall–Kier alpha value is -2.09. The summed E-state index contributed by atoms with van der Waals surface area (Å²) in [5.41, 5.74) is 2.18. The monoisotopic (exact) mass is 245 g/mol. The Labute approximate surface area is 106 Å². The predicted molar refractivity (Wildman–Crippen MR) is 66.3 cm³/mol. The molecule has 5 heteroatoms. The lowest BCUT2D eigenvalue weighted by Crippen LogP contribution is -2.36. The fourth-order valence-corrected chi connectivity index (χ4v) is 2.27. The molecule has 0 radical (unpaired) electrons. The Bertz CT molecular complexity index is 499. The minimum atomic E-state index is -0.710. The molecule has 0 aromatic carbocycles. The average molecular weight is 245 g/mol. The molecule has 0 aliphatic carbocycles. The summed E-state index contributed by atoms with van der Waals surface area (Å²) in [4.78, 5) is 17.1. The van der Waals surface area contributed by atoms with Crippen LogP contribution < -0.4 is 4.90 Å². The van der Waals surface area contributed by atoms with Crippen molar-refractivity contribution in [1.29, 1.82) is 5.26 Å². The van der Waals surface area contributed by atoms with Crippen molar-refractivity contribution in [3.63, 3.8) is 0 Å². The first-order valence-electron chi connectivity index (χ1n) is 5.96. The molecule has 1 saturated heterocycles. The Balaban J connectivity index is 2.12. The summed E-state index contributed by atoms with van der Waals surface area (Å²) in [5.74, 6) is -0.946. The molecule has 5 nitrogen and oxygen atoms in total. The fraction of sp³-hybridized carbons (Fsp3) is 0.462. The first kappa shape index (κ1) is 12.4. The largest absolute Gasteiger partial charge is 0.481 e. The lowest BCUT2D eigenvalue weighted by Gasteiger charge is -2.32. The van der Waals surface area contributed by atoms with Gasteiger partial charge in [-0.15, -0.1) is 0 Å². The average Bonchev–Trinajstić information content (AvgIpc) is 2.38. The van der Waals surface area contributed by atoms with E-state index in [9.17, 15) is 4.79 Å². The molecule has 1 N–H and O–H groups in total. The van der Waals surface area contributed by atoms with Gasteiger partial charge < -0.3 is 10.0 Å². The topological polar surface area (TPSA) is 77.2 Å². The first-order valence-corrected chi connectivity index (χ1v) is 5.96. The van der Waals surface area contributed by atoms with Gasteiger partial charge in [-0.05, 0) is 31.9 Å². The number of nitriles is 1. The third kappa shape index (κ3) is 2.59. The van der Waals surface area contributed by atoms with E-state index in [1.807, 2.05) is 19.1 Å². The standard InChI is InChI=1S/C13H15N3O2/c1-9-6-12(7-11(8-14)15-9)16-4-2-10(3-5-16)13(17)18/h6-7,10H,2-5H2,1H3,(H,17,18). The van der Waals surface area contributed by atoms with Crippen LogP contribution in [0.2, 0.25) is 0 Å². The van der Waals surface area contributed by atoms with Crippen LogP contribution in [-0.2, 0) is 4.79 Å². The highest BCUT2D eigenvalue weighted by Gasteiger charge is 2.24. The summed E-state index contributed by atoms with van der Waals surface area (Å²) in [5, 5.41) is 17.8. The molecular weight excluding hydrogens is 230 g/mol. The molecule has 0 unspecified atom stereocenters. The zero-order valence-corrected chi connectivity index (χ0v) is 10.3. The number of aromatic nitrogens is 1. The Kier molecular flexibility index (Phi) is 3.47. The zero-order valence-electron chi connectivity index (χ0n) is 10.3. The van der Waals surface area contributed by atoms with Crippen LogP contribution in [0.15, 0.2) is 12.1 Å². The third-order valence-corrected chi connectivity index (χ3v) is 3.26. The molecule has 0 amide bonds. The van der Waals surface area contributed by atoms with E-state index in [-0.39, 0.29) is 5.92 Å². The highest BCUT2D eigenvalue weighted by atomic mass is 16.4. The summed E-state index contributed by atoms with van der Waals surface area (Å²) in [6.07, 6.45) is 1.30. The number of nitrogens with zero attached hydrogens (tertiary/aromatic N) is 3. The molecule has 0 spiro atoms. The van der Waals surface area contributed by atoms with E-state index < -0.39 is 5.97 Å². The molecule has 1 aromatic heterocycles. The molecule has 1 aromatic rings. The zero-order chi connectivity index (χ0) is 13.1. The molecule has 1 aliphatic rings. The minimum Gasteiger partial charge on any atom is -0.481 e. The number of hydrogen-bond donors (Lipinski definition) is 1. The van der Waals surface area contributed by atoms with Gasteiger partial charge in [-0.1, -0.05) is 0 Å². The van der Waals surface area contributed by atoms with Crippen molar-refractivity contribution in [1.82, 2.24) is 4.98 Å². The fourth-order valence-electron chi connectivity index (χ4n) is 2.27. The van der Waals surface area contributed by atoms with Crippen LogP contribution in [-0.4, -0.2) is 29.1 Å². The Morgan fingerprint density at radius 1 is 1.50 bits per heavy atom. The molecule has 0 atom stereocenters. The maximum atomic E-state index is 10.9. The van der Waals surface area contributed by atoms with Gasteiger partial charge in [0, 0.05) is 24.5 Å². The van der Waals surface area contributed by atoms with Crippen LogP contribution in [0, 0.1) is 24.2 Å². The van der Waals surface area contributed by atoms with Gasteiger partial charge in [0.1, 0.15) is 11.8 Å². The molecule has 2 rings (SSSR count). The molecule has 1 aliphatic heterocycles. The number of carbonyl (C=O) groups is 1. The quantitative estimate of drug-likeness (QED) is 0.855. The number of pyridine rings is 1. The van der Waals surface area contributed by atoms with Crippen LogP contribution in [0.3, 0.4) is 0 Å². The lowest BCUT2D eigenvalue weighted by atomic mass is 9.97. The van der Waals surface area contributed by atoms with E-state index in [4.69, 9.17) is 10.4 Å². The van der Waals surface area contributed by atoms with Crippen molar-refractivity contribution in [3.05, 3.63) is 23.5 Å². The van der Waals surface area contributed by atoms with E-state index in [2.05, 4.69) is 9.88 Å². The molecule has 94 valence electrons. The summed E-state index contributed by atoms with van der Waals surface area (Å²) in [6.45, 7) is 3.28. The van der Waals surface area contributed by atoms with E-state index in [1.54, 1.807) is 6.07 Å². The van der Waals surface area contributed by atoms with Crippen LogP contribution in [0.25, 0.3) is 0 Å². The Morgan fingerprint density at radius 2 is 2.17 bits per heavy atom. The van der Waals surface area contributed by atoms with Crippen LogP contribution in [0.4, 0.5) is 5.69 Å². The van der Waals surface area contributed by atoms with Crippen molar-refractivity contribution in [2.75, 3.05) is 18.0 Å². The smallest absolute Gasteiger partial charge is 0.306 e. The molecule has 0 bridgehead atoms. The summed E-state index contributed by atoms with van der Waals surface area (Å²) < 4.78 is 0. The van der Waals surface area contributed by atoms with Gasteiger partial charge in [-0.2, -0.15) is 5.26 Å². The van der Waals surface area contributed by atoms with Gasteiger partial charge in [0.25, 0.3) is 0 Å². The molecule has 2 heterocycles. The van der Waals surface area contributed by atoms with E-state index in [0.717, 1.165) is 11.4 Å². The summed E-state index contributed by atoms with van der Waals surface area (Å²) in [6, 6.07) is 5.73. The predicted octanol–water partition coefficient (Wildman–Crippen LogP) is 1.56. The van der Waals surface area contributed by atoms with Gasteiger partial charge in [-0.3, -0.25) is 4.79 Å².